The van der Waals surface area contributed by atoms with Gasteiger partial charge in [-0.2, -0.15) is 0 Å². The van der Waals surface area contributed by atoms with Crippen LogP contribution in [-0.2, 0) is 0 Å². The second kappa shape index (κ2) is 7.79. The molecule has 0 spiro atoms. The molecule has 0 aliphatic rings. The third-order valence-electron chi connectivity index (χ3n) is 4.38. The van der Waals surface area contributed by atoms with Crippen LogP contribution in [-0.4, -0.2) is 5.33 Å². The number of rotatable bonds is 4. The predicted octanol–water partition coefficient (Wildman–Crippen LogP) is 7.55. The summed E-state index contributed by atoms with van der Waals surface area (Å²) in [5, 5.41) is 9.32. The summed E-state index contributed by atoms with van der Waals surface area (Å²) in [6, 6.07) is 21.9. The Morgan fingerprint density at radius 2 is 1.04 bits per heavy atom. The molecule has 0 heterocycles. The Balaban J connectivity index is 0.000000193. The monoisotopic (exact) mass is 366 g/mol. The van der Waals surface area contributed by atoms with Gasteiger partial charge in [0.1, 0.15) is 0 Å². The van der Waals surface area contributed by atoms with Gasteiger partial charge in [-0.3, -0.25) is 0 Å². The first-order valence-corrected chi connectivity index (χ1v) is 9.66. The van der Waals surface area contributed by atoms with Gasteiger partial charge in [-0.25, -0.2) is 0 Å². The average Bonchev–Trinajstić information content (AvgIpc) is 2.61. The van der Waals surface area contributed by atoms with Gasteiger partial charge >= 0.3 is 0 Å². The Morgan fingerprint density at radius 3 is 1.39 bits per heavy atom. The van der Waals surface area contributed by atoms with Crippen LogP contribution in [0.15, 0.2) is 60.7 Å². The molecule has 4 aromatic rings. The smallest absolute Gasteiger partial charge is 0.00313 e. The van der Waals surface area contributed by atoms with E-state index in [1.807, 2.05) is 0 Å². The van der Waals surface area contributed by atoms with Gasteiger partial charge in [0, 0.05) is 5.33 Å². The molecule has 0 saturated carbocycles. The molecule has 0 radical (unpaired) electrons. The van der Waals surface area contributed by atoms with Crippen molar-refractivity contribution in [3.63, 3.8) is 0 Å². The van der Waals surface area contributed by atoms with Gasteiger partial charge in [-0.15, -0.1) is 0 Å². The molecular formula is C22H23Br. The van der Waals surface area contributed by atoms with Crippen molar-refractivity contribution in [2.45, 2.75) is 32.6 Å². The summed E-state index contributed by atoms with van der Waals surface area (Å²) >= 11 is 3.38. The van der Waals surface area contributed by atoms with Crippen molar-refractivity contribution in [3.05, 3.63) is 60.7 Å². The maximum absolute atomic E-state index is 3.38. The lowest BCUT2D eigenvalue weighted by Gasteiger charge is -2.09. The van der Waals surface area contributed by atoms with Crippen molar-refractivity contribution >= 4 is 48.2 Å². The lowest BCUT2D eigenvalue weighted by Crippen LogP contribution is -1.82. The third kappa shape index (κ3) is 3.50. The van der Waals surface area contributed by atoms with Crippen LogP contribution in [0.1, 0.15) is 32.6 Å². The molecule has 0 atom stereocenters. The molecule has 1 heteroatoms. The highest BCUT2D eigenvalue weighted by atomic mass is 79.9. The summed E-state index contributed by atoms with van der Waals surface area (Å²) in [6.07, 6.45) is 5.47. The molecule has 0 bridgehead atoms. The van der Waals surface area contributed by atoms with Crippen molar-refractivity contribution in [2.24, 2.45) is 0 Å². The topological polar surface area (TPSA) is 0 Å². The Labute approximate surface area is 147 Å². The van der Waals surface area contributed by atoms with Crippen molar-refractivity contribution < 1.29 is 0 Å². The summed E-state index contributed by atoms with van der Waals surface area (Å²) in [5.41, 5.74) is 0. The van der Waals surface area contributed by atoms with E-state index in [4.69, 9.17) is 0 Å². The van der Waals surface area contributed by atoms with Gasteiger partial charge in [0.05, 0.1) is 0 Å². The molecule has 0 aromatic heterocycles. The van der Waals surface area contributed by atoms with Gasteiger partial charge < -0.3 is 0 Å². The molecule has 0 amide bonds. The zero-order valence-electron chi connectivity index (χ0n) is 13.7. The minimum Gasteiger partial charge on any atom is -0.0928 e. The fraction of sp³-hybridized carbons (Fsp3) is 0.273. The molecule has 0 aliphatic carbocycles. The summed E-state index contributed by atoms with van der Waals surface area (Å²) in [7, 11) is 0. The van der Waals surface area contributed by atoms with Crippen LogP contribution in [0, 0.1) is 0 Å². The average molecular weight is 367 g/mol. The van der Waals surface area contributed by atoms with Crippen molar-refractivity contribution in [2.75, 3.05) is 5.33 Å². The summed E-state index contributed by atoms with van der Waals surface area (Å²) in [6.45, 7) is 2.23. The highest BCUT2D eigenvalue weighted by Gasteiger charge is 2.05. The van der Waals surface area contributed by atoms with Crippen LogP contribution in [0.4, 0.5) is 0 Å². The minimum absolute atomic E-state index is 1.17. The molecule has 0 unspecified atom stereocenters. The molecule has 118 valence electrons. The summed E-state index contributed by atoms with van der Waals surface area (Å²) < 4.78 is 0. The van der Waals surface area contributed by atoms with E-state index in [0.29, 0.717) is 0 Å². The molecular weight excluding hydrogens is 344 g/mol. The number of unbranched alkanes of at least 4 members (excludes halogenated alkanes) is 3. The maximum atomic E-state index is 3.38. The molecule has 0 nitrogen and oxygen atoms in total. The van der Waals surface area contributed by atoms with Crippen LogP contribution < -0.4 is 0 Å². The van der Waals surface area contributed by atoms with Gasteiger partial charge in [-0.1, -0.05) is 103 Å². The molecule has 0 fully saturated rings. The predicted molar refractivity (Wildman–Crippen MR) is 108 cm³/mol. The van der Waals surface area contributed by atoms with Crippen LogP contribution in [0.3, 0.4) is 0 Å². The second-order valence-corrected chi connectivity index (χ2v) is 6.83. The summed E-state index contributed by atoms with van der Waals surface area (Å²) in [4.78, 5) is 0. The van der Waals surface area contributed by atoms with E-state index in [1.165, 1.54) is 63.3 Å². The highest BCUT2D eigenvalue weighted by molar-refractivity contribution is 9.09. The zero-order chi connectivity index (χ0) is 16.1. The fourth-order valence-electron chi connectivity index (χ4n) is 3.19. The van der Waals surface area contributed by atoms with E-state index < -0.39 is 0 Å². The Bertz CT molecular complexity index is 745. The standard InChI is InChI=1S/C16H10.C6H13Br/c1-3-11-7-9-13-5-2-6-14-10-8-12(4-1)15(11)16(13)14;1-2-3-4-5-6-7/h1-10H;2-6H2,1H3. The van der Waals surface area contributed by atoms with Gasteiger partial charge in [0.2, 0.25) is 0 Å². The van der Waals surface area contributed by atoms with E-state index in [2.05, 4.69) is 83.5 Å². The molecule has 0 saturated heterocycles. The maximum Gasteiger partial charge on any atom is 0.00313 e. The molecule has 0 N–H and O–H groups in total. The SMILES string of the molecule is CCCCCCBr.c1cc2ccc3cccc4ccc(c1)c2c34. The number of benzene rings is 4. The van der Waals surface area contributed by atoms with E-state index in [-0.39, 0.29) is 0 Å². The fourth-order valence-corrected chi connectivity index (χ4v) is 3.59. The molecule has 0 aliphatic heterocycles. The second-order valence-electron chi connectivity index (χ2n) is 6.04. The Kier molecular flexibility index (Phi) is 5.51. The molecule has 4 rings (SSSR count). The number of hydrogen-bond donors (Lipinski definition) is 0. The first kappa shape index (κ1) is 16.3. The summed E-state index contributed by atoms with van der Waals surface area (Å²) in [5.74, 6) is 0. The molecule has 4 aromatic carbocycles. The van der Waals surface area contributed by atoms with E-state index in [0.717, 1.165) is 0 Å². The normalized spacial score (nSPS) is 11.0. The molecule has 23 heavy (non-hydrogen) atoms. The van der Waals surface area contributed by atoms with Crippen LogP contribution in [0.2, 0.25) is 0 Å². The number of hydrogen-bond acceptors (Lipinski definition) is 0. The first-order valence-electron chi connectivity index (χ1n) is 8.53. The van der Waals surface area contributed by atoms with Crippen LogP contribution in [0.25, 0.3) is 32.3 Å². The highest BCUT2D eigenvalue weighted by Crippen LogP contribution is 2.33. The van der Waals surface area contributed by atoms with E-state index >= 15 is 0 Å². The van der Waals surface area contributed by atoms with Gasteiger partial charge in [0.25, 0.3) is 0 Å². The van der Waals surface area contributed by atoms with Crippen molar-refractivity contribution in [1.82, 2.24) is 0 Å². The van der Waals surface area contributed by atoms with Crippen LogP contribution in [0.5, 0.6) is 0 Å². The zero-order valence-corrected chi connectivity index (χ0v) is 15.3. The van der Waals surface area contributed by atoms with Gasteiger partial charge in [0.15, 0.2) is 0 Å². The minimum atomic E-state index is 1.17. The Hall–Kier alpha value is -1.60. The lowest BCUT2D eigenvalue weighted by atomic mass is 9.95. The van der Waals surface area contributed by atoms with E-state index in [1.54, 1.807) is 0 Å². The Morgan fingerprint density at radius 1 is 0.609 bits per heavy atom. The first-order chi connectivity index (χ1) is 11.3. The number of alkyl halides is 1. The third-order valence-corrected chi connectivity index (χ3v) is 4.94. The van der Waals surface area contributed by atoms with E-state index in [9.17, 15) is 0 Å². The number of halogens is 1. The largest absolute Gasteiger partial charge is 0.0928 e. The lowest BCUT2D eigenvalue weighted by molar-refractivity contribution is 0.708. The van der Waals surface area contributed by atoms with Crippen molar-refractivity contribution in [3.8, 4) is 0 Å². The van der Waals surface area contributed by atoms with Gasteiger partial charge in [-0.05, 0) is 38.7 Å². The quantitative estimate of drug-likeness (QED) is 0.198. The van der Waals surface area contributed by atoms with Crippen LogP contribution >= 0.6 is 15.9 Å². The van der Waals surface area contributed by atoms with Crippen molar-refractivity contribution in [1.29, 1.82) is 0 Å².